The summed E-state index contributed by atoms with van der Waals surface area (Å²) in [5.41, 5.74) is 7.38. The molecule has 0 saturated heterocycles. The van der Waals surface area contributed by atoms with Crippen molar-refractivity contribution in [3.05, 3.63) is 48.1 Å². The molecule has 6 nitrogen and oxygen atoms in total. The van der Waals surface area contributed by atoms with Crippen molar-refractivity contribution in [3.8, 4) is 11.6 Å². The van der Waals surface area contributed by atoms with E-state index in [0.29, 0.717) is 23.2 Å². The summed E-state index contributed by atoms with van der Waals surface area (Å²) in [6.07, 6.45) is 6.92. The van der Waals surface area contributed by atoms with Crippen LogP contribution in [-0.4, -0.2) is 20.1 Å². The molecule has 0 fully saturated rings. The largest absolute Gasteiger partial charge is 0.399 e. The van der Waals surface area contributed by atoms with Crippen LogP contribution in [0.15, 0.2) is 41.2 Å². The van der Waals surface area contributed by atoms with Gasteiger partial charge in [-0.25, -0.2) is 4.98 Å². The molecule has 3 aromatic rings. The molecule has 0 aliphatic heterocycles. The predicted octanol–water partition coefficient (Wildman–Crippen LogP) is 2.21. The lowest BCUT2D eigenvalue weighted by molar-refractivity contribution is 0.411. The van der Waals surface area contributed by atoms with E-state index in [1.165, 1.54) is 0 Å². The summed E-state index contributed by atoms with van der Waals surface area (Å²) < 4.78 is 5.10. The third-order valence-corrected chi connectivity index (χ3v) is 2.48. The number of nitrogens with two attached hydrogens (primary N) is 1. The summed E-state index contributed by atoms with van der Waals surface area (Å²) >= 11 is 0. The topological polar surface area (TPSA) is 93.6 Å². The fourth-order valence-electron chi connectivity index (χ4n) is 1.62. The lowest BCUT2D eigenvalue weighted by Crippen LogP contribution is -1.83. The van der Waals surface area contributed by atoms with Crippen molar-refractivity contribution in [3.63, 3.8) is 0 Å². The van der Waals surface area contributed by atoms with Crippen molar-refractivity contribution >= 4 is 17.8 Å². The second-order valence-corrected chi connectivity index (χ2v) is 3.90. The standard InChI is InChI=1S/C13H11N5O/c14-10-3-1-2-9(8-10)4-5-11-17-13(18-19-11)12-15-6-7-16-12/h1-8H,14H2,(H,15,16)/b5-4+. The number of aromatic nitrogens is 4. The molecule has 2 heterocycles. The highest BCUT2D eigenvalue weighted by Crippen LogP contribution is 2.13. The molecule has 0 aliphatic rings. The summed E-state index contributed by atoms with van der Waals surface area (Å²) in [6.45, 7) is 0. The summed E-state index contributed by atoms with van der Waals surface area (Å²) in [4.78, 5) is 11.2. The van der Waals surface area contributed by atoms with Crippen LogP contribution in [0.2, 0.25) is 0 Å². The normalized spacial score (nSPS) is 11.2. The molecule has 0 atom stereocenters. The molecule has 0 spiro atoms. The van der Waals surface area contributed by atoms with Crippen molar-refractivity contribution in [2.75, 3.05) is 5.73 Å². The molecule has 0 bridgehead atoms. The fourth-order valence-corrected chi connectivity index (χ4v) is 1.62. The predicted molar refractivity (Wildman–Crippen MR) is 71.7 cm³/mol. The lowest BCUT2D eigenvalue weighted by Gasteiger charge is -1.93. The number of hydrogen-bond donors (Lipinski definition) is 2. The Hall–Kier alpha value is -2.89. The van der Waals surface area contributed by atoms with Gasteiger partial charge >= 0.3 is 0 Å². The summed E-state index contributed by atoms with van der Waals surface area (Å²) in [5, 5.41) is 3.83. The van der Waals surface area contributed by atoms with Gasteiger partial charge < -0.3 is 15.2 Å². The van der Waals surface area contributed by atoms with Crippen LogP contribution in [0, 0.1) is 0 Å². The Morgan fingerprint density at radius 3 is 3.00 bits per heavy atom. The molecule has 0 saturated carbocycles. The second-order valence-electron chi connectivity index (χ2n) is 3.90. The summed E-state index contributed by atoms with van der Waals surface area (Å²) in [6, 6.07) is 7.52. The maximum atomic E-state index is 5.70. The molecule has 19 heavy (non-hydrogen) atoms. The Bertz CT molecular complexity index is 699. The van der Waals surface area contributed by atoms with Crippen molar-refractivity contribution < 1.29 is 4.52 Å². The smallest absolute Gasteiger partial charge is 0.251 e. The molecule has 3 rings (SSSR count). The molecular formula is C13H11N5O. The monoisotopic (exact) mass is 253 g/mol. The summed E-state index contributed by atoms with van der Waals surface area (Å²) in [7, 11) is 0. The van der Waals surface area contributed by atoms with Crippen LogP contribution >= 0.6 is 0 Å². The van der Waals surface area contributed by atoms with Gasteiger partial charge in [0.2, 0.25) is 5.82 Å². The van der Waals surface area contributed by atoms with Gasteiger partial charge in [-0.1, -0.05) is 17.3 Å². The minimum absolute atomic E-state index is 0.411. The van der Waals surface area contributed by atoms with E-state index in [0.717, 1.165) is 5.56 Å². The molecule has 0 aliphatic carbocycles. The highest BCUT2D eigenvalue weighted by Gasteiger charge is 2.07. The minimum atomic E-state index is 0.411. The van der Waals surface area contributed by atoms with Crippen molar-refractivity contribution in [1.29, 1.82) is 0 Å². The number of nitrogens with zero attached hydrogens (tertiary/aromatic N) is 3. The zero-order chi connectivity index (χ0) is 13.1. The Labute approximate surface area is 109 Å². The molecule has 0 radical (unpaired) electrons. The number of hydrogen-bond acceptors (Lipinski definition) is 5. The SMILES string of the molecule is Nc1cccc(/C=C/c2nc(-c3ncc[nH]3)no2)c1. The van der Waals surface area contributed by atoms with Gasteiger partial charge in [-0.2, -0.15) is 4.98 Å². The zero-order valence-corrected chi connectivity index (χ0v) is 9.95. The number of benzene rings is 1. The number of H-pyrrole nitrogens is 1. The zero-order valence-electron chi connectivity index (χ0n) is 9.95. The van der Waals surface area contributed by atoms with Crippen LogP contribution in [0.1, 0.15) is 11.5 Å². The first-order valence-electron chi connectivity index (χ1n) is 5.68. The fraction of sp³-hybridized carbons (Fsp3) is 0. The highest BCUT2D eigenvalue weighted by molar-refractivity contribution is 5.68. The van der Waals surface area contributed by atoms with E-state index in [9.17, 15) is 0 Å². The Balaban J connectivity index is 1.81. The van der Waals surface area contributed by atoms with Crippen LogP contribution in [0.4, 0.5) is 5.69 Å². The first-order chi connectivity index (χ1) is 9.31. The third kappa shape index (κ3) is 2.52. The van der Waals surface area contributed by atoms with Crippen LogP contribution in [0.25, 0.3) is 23.8 Å². The number of aromatic amines is 1. The van der Waals surface area contributed by atoms with Gasteiger partial charge in [-0.3, -0.25) is 0 Å². The first-order valence-corrected chi connectivity index (χ1v) is 5.68. The van der Waals surface area contributed by atoms with E-state index in [1.54, 1.807) is 18.5 Å². The van der Waals surface area contributed by atoms with Crippen molar-refractivity contribution in [2.45, 2.75) is 0 Å². The van der Waals surface area contributed by atoms with E-state index in [2.05, 4.69) is 20.1 Å². The Morgan fingerprint density at radius 2 is 2.21 bits per heavy atom. The van der Waals surface area contributed by atoms with Crippen molar-refractivity contribution in [2.24, 2.45) is 0 Å². The Morgan fingerprint density at radius 1 is 1.26 bits per heavy atom. The van der Waals surface area contributed by atoms with Gasteiger partial charge in [-0.05, 0) is 23.8 Å². The van der Waals surface area contributed by atoms with Gasteiger partial charge in [0.25, 0.3) is 5.89 Å². The van der Waals surface area contributed by atoms with E-state index >= 15 is 0 Å². The van der Waals surface area contributed by atoms with Gasteiger partial charge in [0.15, 0.2) is 5.82 Å². The minimum Gasteiger partial charge on any atom is -0.399 e. The van der Waals surface area contributed by atoms with E-state index < -0.39 is 0 Å². The third-order valence-electron chi connectivity index (χ3n) is 2.48. The first kappa shape index (κ1) is 11.2. The molecule has 6 heteroatoms. The van der Waals surface area contributed by atoms with Crippen molar-refractivity contribution in [1.82, 2.24) is 20.1 Å². The number of rotatable bonds is 3. The van der Waals surface area contributed by atoms with E-state index in [4.69, 9.17) is 10.3 Å². The quantitative estimate of drug-likeness (QED) is 0.698. The Kier molecular flexibility index (Phi) is 2.82. The van der Waals surface area contributed by atoms with Gasteiger partial charge in [0, 0.05) is 24.2 Å². The van der Waals surface area contributed by atoms with Crippen LogP contribution in [0.5, 0.6) is 0 Å². The van der Waals surface area contributed by atoms with Crippen LogP contribution < -0.4 is 5.73 Å². The maximum Gasteiger partial charge on any atom is 0.251 e. The highest BCUT2D eigenvalue weighted by atomic mass is 16.5. The molecular weight excluding hydrogens is 242 g/mol. The van der Waals surface area contributed by atoms with Crippen LogP contribution in [0.3, 0.4) is 0 Å². The van der Waals surface area contributed by atoms with Gasteiger partial charge in [0.1, 0.15) is 0 Å². The lowest BCUT2D eigenvalue weighted by atomic mass is 10.2. The average molecular weight is 253 g/mol. The molecule has 1 aromatic carbocycles. The van der Waals surface area contributed by atoms with Gasteiger partial charge in [-0.15, -0.1) is 0 Å². The summed E-state index contributed by atoms with van der Waals surface area (Å²) in [5.74, 6) is 1.42. The molecule has 0 unspecified atom stereocenters. The number of nitrogen functional groups attached to an aromatic ring is 1. The number of anilines is 1. The maximum absolute atomic E-state index is 5.70. The second kappa shape index (κ2) is 4.77. The number of imidazole rings is 1. The van der Waals surface area contributed by atoms with Crippen LogP contribution in [-0.2, 0) is 0 Å². The number of nitrogens with one attached hydrogen (secondary N) is 1. The molecule has 0 amide bonds. The molecule has 3 N–H and O–H groups in total. The van der Waals surface area contributed by atoms with E-state index in [1.807, 2.05) is 30.3 Å². The molecule has 2 aromatic heterocycles. The van der Waals surface area contributed by atoms with E-state index in [-0.39, 0.29) is 0 Å². The molecule has 94 valence electrons. The average Bonchev–Trinajstić information content (AvgIpc) is 3.07. The van der Waals surface area contributed by atoms with Gasteiger partial charge in [0.05, 0.1) is 0 Å².